The molecule has 1 N–H and O–H groups in total. The molecule has 0 aromatic rings. The van der Waals surface area contributed by atoms with E-state index in [4.69, 9.17) is 10.1 Å². The number of halogens is 1. The molecular weight excluding hydrogens is 194 g/mol. The summed E-state index contributed by atoms with van der Waals surface area (Å²) in [5.74, 6) is 1.06. The Kier molecular flexibility index (Phi) is 8.05. The van der Waals surface area contributed by atoms with Gasteiger partial charge in [0.05, 0.1) is 12.4 Å². The molecule has 0 saturated carbocycles. The summed E-state index contributed by atoms with van der Waals surface area (Å²) in [5.41, 5.74) is 0. The maximum absolute atomic E-state index is 7.33. The predicted octanol–water partition coefficient (Wildman–Crippen LogP) is 2.95. The zero-order valence-electron chi connectivity index (χ0n) is 8.14. The average Bonchev–Trinajstić information content (AvgIpc) is 1.83. The lowest BCUT2D eigenvalue weighted by atomic mass is 10.3. The predicted molar refractivity (Wildman–Crippen MR) is 58.8 cm³/mol. The molecular formula is C8H18ClNOS. The van der Waals surface area contributed by atoms with E-state index in [1.165, 1.54) is 0 Å². The first-order valence-corrected chi connectivity index (χ1v) is 4.78. The van der Waals surface area contributed by atoms with Crippen LogP contribution in [0, 0.1) is 5.41 Å². The highest BCUT2D eigenvalue weighted by atomic mass is 35.5. The Morgan fingerprint density at radius 2 is 1.92 bits per heavy atom. The number of hydrogen-bond donors (Lipinski definition) is 1. The normalized spacial score (nSPS) is 10.3. The van der Waals surface area contributed by atoms with Crippen LogP contribution in [0.25, 0.3) is 0 Å². The Balaban J connectivity index is 0. The second-order valence-corrected chi connectivity index (χ2v) is 5.06. The average molecular weight is 212 g/mol. The summed E-state index contributed by atoms with van der Waals surface area (Å²) in [7, 11) is 0. The Morgan fingerprint density at radius 1 is 1.42 bits per heavy atom. The Morgan fingerprint density at radius 3 is 2.25 bits per heavy atom. The van der Waals surface area contributed by atoms with Crippen LogP contribution in [-0.4, -0.2) is 23.0 Å². The van der Waals surface area contributed by atoms with Crippen molar-refractivity contribution in [3.8, 4) is 0 Å². The lowest BCUT2D eigenvalue weighted by Crippen LogP contribution is -2.14. The lowest BCUT2D eigenvalue weighted by molar-refractivity contribution is 0.322. The lowest BCUT2D eigenvalue weighted by Gasteiger charge is -2.17. The van der Waals surface area contributed by atoms with Gasteiger partial charge in [-0.15, -0.1) is 24.2 Å². The third-order valence-electron chi connectivity index (χ3n) is 0.955. The van der Waals surface area contributed by atoms with Crippen LogP contribution < -0.4 is 0 Å². The van der Waals surface area contributed by atoms with Gasteiger partial charge in [0.15, 0.2) is 5.90 Å². The van der Waals surface area contributed by atoms with Crippen LogP contribution in [0.2, 0.25) is 0 Å². The molecule has 0 radical (unpaired) electrons. The maximum Gasteiger partial charge on any atom is 0.190 e. The summed E-state index contributed by atoms with van der Waals surface area (Å²) < 4.78 is 5.23. The molecule has 0 bridgehead atoms. The molecule has 2 nitrogen and oxygen atoms in total. The van der Waals surface area contributed by atoms with E-state index >= 15 is 0 Å². The van der Waals surface area contributed by atoms with Crippen LogP contribution in [0.1, 0.15) is 27.7 Å². The maximum atomic E-state index is 7.33. The van der Waals surface area contributed by atoms with Gasteiger partial charge in [-0.2, -0.15) is 0 Å². The third-order valence-corrected chi connectivity index (χ3v) is 2.23. The SMILES string of the molecule is CCOC(=N)CSC(C)(C)C.Cl. The molecule has 0 aromatic heterocycles. The number of thioether (sulfide) groups is 1. The summed E-state index contributed by atoms with van der Waals surface area (Å²) in [4.78, 5) is 0. The first-order chi connectivity index (χ1) is 4.95. The van der Waals surface area contributed by atoms with Gasteiger partial charge in [-0.3, -0.25) is 5.41 Å². The molecule has 0 atom stereocenters. The molecule has 0 amide bonds. The van der Waals surface area contributed by atoms with Gasteiger partial charge in [0.2, 0.25) is 0 Å². The number of rotatable bonds is 3. The van der Waals surface area contributed by atoms with Crippen molar-refractivity contribution in [3.63, 3.8) is 0 Å². The summed E-state index contributed by atoms with van der Waals surface area (Å²) in [6, 6.07) is 0. The van der Waals surface area contributed by atoms with E-state index in [0.717, 1.165) is 0 Å². The van der Waals surface area contributed by atoms with E-state index in [1.54, 1.807) is 11.8 Å². The van der Waals surface area contributed by atoms with Gasteiger partial charge in [-0.25, -0.2) is 0 Å². The number of ether oxygens (including phenoxy) is 1. The highest BCUT2D eigenvalue weighted by molar-refractivity contribution is 8.01. The van der Waals surface area contributed by atoms with Gasteiger partial charge in [0.1, 0.15) is 0 Å². The van der Waals surface area contributed by atoms with E-state index in [9.17, 15) is 0 Å². The Labute approximate surface area is 85.4 Å². The fourth-order valence-electron chi connectivity index (χ4n) is 0.498. The van der Waals surface area contributed by atoms with Crippen LogP contribution in [0.4, 0.5) is 0 Å². The topological polar surface area (TPSA) is 33.1 Å². The molecule has 0 rings (SSSR count). The second-order valence-electron chi connectivity index (χ2n) is 3.26. The fraction of sp³-hybridized carbons (Fsp3) is 0.875. The van der Waals surface area contributed by atoms with Crippen molar-refractivity contribution in [2.24, 2.45) is 0 Å². The largest absolute Gasteiger partial charge is 0.481 e. The molecule has 12 heavy (non-hydrogen) atoms. The van der Waals surface area contributed by atoms with E-state index < -0.39 is 0 Å². The van der Waals surface area contributed by atoms with Crippen molar-refractivity contribution in [2.75, 3.05) is 12.4 Å². The van der Waals surface area contributed by atoms with E-state index in [2.05, 4.69) is 20.8 Å². The van der Waals surface area contributed by atoms with Crippen LogP contribution in [0.3, 0.4) is 0 Å². The fourth-order valence-corrected chi connectivity index (χ4v) is 1.15. The second kappa shape index (κ2) is 6.61. The molecule has 0 aromatic carbocycles. The van der Waals surface area contributed by atoms with Crippen molar-refractivity contribution >= 4 is 30.1 Å². The van der Waals surface area contributed by atoms with Crippen molar-refractivity contribution in [3.05, 3.63) is 0 Å². The molecule has 0 saturated heterocycles. The standard InChI is InChI=1S/C8H17NOS.ClH/c1-5-10-7(9)6-11-8(2,3)4;/h9H,5-6H2,1-4H3;1H. The van der Waals surface area contributed by atoms with Crippen molar-refractivity contribution in [1.29, 1.82) is 5.41 Å². The molecule has 0 aliphatic heterocycles. The highest BCUT2D eigenvalue weighted by Crippen LogP contribution is 2.22. The molecule has 0 fully saturated rings. The van der Waals surface area contributed by atoms with Crippen molar-refractivity contribution in [2.45, 2.75) is 32.4 Å². The smallest absolute Gasteiger partial charge is 0.190 e. The van der Waals surface area contributed by atoms with Crippen LogP contribution in [0.5, 0.6) is 0 Å². The molecule has 0 heterocycles. The number of nitrogens with one attached hydrogen (secondary N) is 1. The first kappa shape index (κ1) is 14.6. The summed E-state index contributed by atoms with van der Waals surface area (Å²) in [6.07, 6.45) is 0. The zero-order valence-corrected chi connectivity index (χ0v) is 9.77. The van der Waals surface area contributed by atoms with Gasteiger partial charge >= 0.3 is 0 Å². The monoisotopic (exact) mass is 211 g/mol. The third kappa shape index (κ3) is 10.1. The van der Waals surface area contributed by atoms with Crippen LogP contribution >= 0.6 is 24.2 Å². The minimum absolute atomic E-state index is 0. The summed E-state index contributed by atoms with van der Waals surface area (Å²) in [5, 5.41) is 7.33. The molecule has 74 valence electrons. The van der Waals surface area contributed by atoms with E-state index in [0.29, 0.717) is 18.3 Å². The Hall–Kier alpha value is 0.110. The van der Waals surface area contributed by atoms with Gasteiger partial charge in [0, 0.05) is 4.75 Å². The minimum Gasteiger partial charge on any atom is -0.481 e. The van der Waals surface area contributed by atoms with Crippen molar-refractivity contribution in [1.82, 2.24) is 0 Å². The molecule has 4 heteroatoms. The number of hydrogen-bond acceptors (Lipinski definition) is 3. The minimum atomic E-state index is 0. The molecule has 0 aliphatic rings. The van der Waals surface area contributed by atoms with Crippen LogP contribution in [0.15, 0.2) is 0 Å². The quantitative estimate of drug-likeness (QED) is 0.575. The summed E-state index contributed by atoms with van der Waals surface area (Å²) >= 11 is 1.73. The molecule has 0 unspecified atom stereocenters. The molecule has 0 spiro atoms. The van der Waals surface area contributed by atoms with E-state index in [1.807, 2.05) is 6.92 Å². The van der Waals surface area contributed by atoms with Gasteiger partial charge < -0.3 is 4.74 Å². The van der Waals surface area contributed by atoms with E-state index in [-0.39, 0.29) is 17.2 Å². The van der Waals surface area contributed by atoms with Gasteiger partial charge in [0.25, 0.3) is 0 Å². The highest BCUT2D eigenvalue weighted by Gasteiger charge is 2.11. The summed E-state index contributed by atoms with van der Waals surface area (Å²) in [6.45, 7) is 8.91. The zero-order chi connectivity index (χ0) is 8.91. The molecule has 0 aliphatic carbocycles. The van der Waals surface area contributed by atoms with Crippen LogP contribution in [-0.2, 0) is 4.74 Å². The van der Waals surface area contributed by atoms with Gasteiger partial charge in [-0.1, -0.05) is 20.8 Å². The van der Waals surface area contributed by atoms with Crippen molar-refractivity contribution < 1.29 is 4.74 Å². The first-order valence-electron chi connectivity index (χ1n) is 3.80. The van der Waals surface area contributed by atoms with Gasteiger partial charge in [-0.05, 0) is 6.92 Å². The Bertz CT molecular complexity index is 134.